The summed E-state index contributed by atoms with van der Waals surface area (Å²) in [5.74, 6) is 0.182. The van der Waals surface area contributed by atoms with Gasteiger partial charge in [-0.1, -0.05) is 24.3 Å². The van der Waals surface area contributed by atoms with Crippen molar-refractivity contribution in [2.45, 2.75) is 32.4 Å². The molecule has 4 nitrogen and oxygen atoms in total. The summed E-state index contributed by atoms with van der Waals surface area (Å²) < 4.78 is 0. The van der Waals surface area contributed by atoms with Crippen molar-refractivity contribution in [1.29, 1.82) is 0 Å². The van der Waals surface area contributed by atoms with E-state index in [0.717, 1.165) is 19.5 Å². The molecule has 1 heterocycles. The van der Waals surface area contributed by atoms with E-state index in [1.807, 2.05) is 31.0 Å². The molecule has 20 heavy (non-hydrogen) atoms. The van der Waals surface area contributed by atoms with Gasteiger partial charge in [-0.3, -0.25) is 9.69 Å². The molecule has 1 saturated heterocycles. The minimum absolute atomic E-state index is 0.00712. The molecule has 1 amide bonds. The molecule has 2 rings (SSSR count). The molecule has 4 heteroatoms. The average molecular weight is 275 g/mol. The van der Waals surface area contributed by atoms with Gasteiger partial charge in [0.25, 0.3) is 0 Å². The van der Waals surface area contributed by atoms with E-state index < -0.39 is 0 Å². The third kappa shape index (κ3) is 3.19. The molecule has 1 aliphatic rings. The second-order valence-corrected chi connectivity index (χ2v) is 5.80. The van der Waals surface area contributed by atoms with Crippen molar-refractivity contribution in [3.05, 3.63) is 35.4 Å². The highest BCUT2D eigenvalue weighted by Gasteiger charge is 2.29. The van der Waals surface area contributed by atoms with Gasteiger partial charge in [-0.25, -0.2) is 0 Å². The second-order valence-electron chi connectivity index (χ2n) is 5.80. The van der Waals surface area contributed by atoms with Crippen molar-refractivity contribution in [2.75, 3.05) is 26.7 Å². The summed E-state index contributed by atoms with van der Waals surface area (Å²) in [6.07, 6.45) is 0.997. The molecule has 2 atom stereocenters. The molecular weight excluding hydrogens is 250 g/mol. The van der Waals surface area contributed by atoms with Crippen LogP contribution in [0, 0.1) is 6.92 Å². The number of nitrogens with zero attached hydrogens (tertiary/aromatic N) is 2. The number of likely N-dealkylation sites (N-methyl/N-ethyl adjacent to an activating group) is 1. The van der Waals surface area contributed by atoms with E-state index in [-0.39, 0.29) is 18.0 Å². The summed E-state index contributed by atoms with van der Waals surface area (Å²) in [4.78, 5) is 16.2. The molecule has 1 aliphatic heterocycles. The Morgan fingerprint density at radius 2 is 1.95 bits per heavy atom. The lowest BCUT2D eigenvalue weighted by atomic mass is 9.95. The summed E-state index contributed by atoms with van der Waals surface area (Å²) in [6.45, 7) is 6.33. The first-order valence-corrected chi connectivity index (χ1v) is 7.30. The Morgan fingerprint density at radius 3 is 2.60 bits per heavy atom. The first kappa shape index (κ1) is 15.0. The zero-order valence-corrected chi connectivity index (χ0v) is 12.7. The van der Waals surface area contributed by atoms with Crippen LogP contribution in [0.2, 0.25) is 0 Å². The van der Waals surface area contributed by atoms with E-state index in [9.17, 15) is 4.79 Å². The lowest BCUT2D eigenvalue weighted by Crippen LogP contribution is -2.43. The first-order valence-electron chi connectivity index (χ1n) is 7.30. The predicted octanol–water partition coefficient (Wildman–Crippen LogP) is 1.55. The number of amides is 1. The van der Waals surface area contributed by atoms with Gasteiger partial charge >= 0.3 is 0 Å². The number of carbonyl (C=O) groups is 1. The maximum Gasteiger partial charge on any atom is 0.236 e. The van der Waals surface area contributed by atoms with Gasteiger partial charge in [0.15, 0.2) is 0 Å². The van der Waals surface area contributed by atoms with E-state index in [1.165, 1.54) is 11.1 Å². The maximum absolute atomic E-state index is 12.1. The van der Waals surface area contributed by atoms with Crippen LogP contribution < -0.4 is 5.73 Å². The van der Waals surface area contributed by atoms with Crippen LogP contribution in [0.5, 0.6) is 0 Å². The summed E-state index contributed by atoms with van der Waals surface area (Å²) in [7, 11) is 1.88. The lowest BCUT2D eigenvalue weighted by molar-refractivity contribution is -0.130. The molecule has 1 aromatic carbocycles. The molecule has 1 aromatic rings. The Morgan fingerprint density at radius 1 is 1.25 bits per heavy atom. The number of hydrogen-bond donors (Lipinski definition) is 1. The molecule has 110 valence electrons. The van der Waals surface area contributed by atoms with Gasteiger partial charge in [-0.15, -0.1) is 0 Å². The fourth-order valence-electron chi connectivity index (χ4n) is 2.98. The van der Waals surface area contributed by atoms with Crippen LogP contribution >= 0.6 is 0 Å². The van der Waals surface area contributed by atoms with Crippen molar-refractivity contribution in [3.8, 4) is 0 Å². The van der Waals surface area contributed by atoms with E-state index in [4.69, 9.17) is 5.73 Å². The van der Waals surface area contributed by atoms with Crippen molar-refractivity contribution >= 4 is 5.91 Å². The van der Waals surface area contributed by atoms with Crippen LogP contribution in [0.25, 0.3) is 0 Å². The van der Waals surface area contributed by atoms with Crippen molar-refractivity contribution < 1.29 is 4.79 Å². The fourth-order valence-corrected chi connectivity index (χ4v) is 2.98. The molecule has 0 aromatic heterocycles. The van der Waals surface area contributed by atoms with Crippen LogP contribution in [0.1, 0.15) is 30.5 Å². The molecule has 1 fully saturated rings. The highest BCUT2D eigenvalue weighted by Crippen LogP contribution is 2.27. The number of rotatable bonds is 3. The lowest BCUT2D eigenvalue weighted by Gasteiger charge is -2.34. The third-order valence-corrected chi connectivity index (χ3v) is 4.10. The van der Waals surface area contributed by atoms with Crippen LogP contribution in [0.4, 0.5) is 0 Å². The highest BCUT2D eigenvalue weighted by atomic mass is 16.2. The van der Waals surface area contributed by atoms with Gasteiger partial charge < -0.3 is 10.6 Å². The van der Waals surface area contributed by atoms with E-state index in [2.05, 4.69) is 24.0 Å². The van der Waals surface area contributed by atoms with E-state index in [1.54, 1.807) is 0 Å². The van der Waals surface area contributed by atoms with Gasteiger partial charge in [0, 0.05) is 26.2 Å². The van der Waals surface area contributed by atoms with Crippen LogP contribution in [0.3, 0.4) is 0 Å². The topological polar surface area (TPSA) is 49.6 Å². The number of carbonyl (C=O) groups excluding carboxylic acids is 1. The summed E-state index contributed by atoms with van der Waals surface area (Å²) >= 11 is 0. The van der Waals surface area contributed by atoms with Gasteiger partial charge in [-0.2, -0.15) is 0 Å². The minimum Gasteiger partial charge on any atom is -0.345 e. The Kier molecular flexibility index (Phi) is 4.78. The van der Waals surface area contributed by atoms with Crippen molar-refractivity contribution in [1.82, 2.24) is 9.80 Å². The Labute approximate surface area is 121 Å². The third-order valence-electron chi connectivity index (χ3n) is 4.10. The number of aryl methyl sites for hydroxylation is 1. The summed E-state index contributed by atoms with van der Waals surface area (Å²) in [5.41, 5.74) is 8.70. The molecule has 0 spiro atoms. The predicted molar refractivity (Wildman–Crippen MR) is 81.4 cm³/mol. The molecular formula is C16H25N3O. The molecule has 0 radical (unpaired) electrons. The SMILES string of the molecule is Cc1ccccc1C(C(C)N)N1CCCN(C)C(=O)C1. The standard InChI is InChI=1S/C16H25N3O/c1-12-7-4-5-8-14(12)16(13(2)17)19-10-6-9-18(3)15(20)11-19/h4-5,7-8,13,16H,6,9-11,17H2,1-3H3. The van der Waals surface area contributed by atoms with Gasteiger partial charge in [-0.05, 0) is 31.4 Å². The van der Waals surface area contributed by atoms with Crippen molar-refractivity contribution in [2.24, 2.45) is 5.73 Å². The van der Waals surface area contributed by atoms with Gasteiger partial charge in [0.05, 0.1) is 12.6 Å². The molecule has 2 unspecified atom stereocenters. The van der Waals surface area contributed by atoms with Crippen molar-refractivity contribution in [3.63, 3.8) is 0 Å². The zero-order valence-electron chi connectivity index (χ0n) is 12.7. The minimum atomic E-state index is -0.00712. The van der Waals surface area contributed by atoms with Gasteiger partial charge in [0.2, 0.25) is 5.91 Å². The van der Waals surface area contributed by atoms with Crippen LogP contribution in [-0.2, 0) is 4.79 Å². The van der Waals surface area contributed by atoms with E-state index in [0.29, 0.717) is 6.54 Å². The number of benzene rings is 1. The first-order chi connectivity index (χ1) is 9.50. The summed E-state index contributed by atoms with van der Waals surface area (Å²) in [6, 6.07) is 8.42. The monoisotopic (exact) mass is 275 g/mol. The number of nitrogens with two attached hydrogens (primary N) is 1. The molecule has 0 bridgehead atoms. The van der Waals surface area contributed by atoms with Crippen LogP contribution in [-0.4, -0.2) is 48.4 Å². The maximum atomic E-state index is 12.1. The van der Waals surface area contributed by atoms with E-state index >= 15 is 0 Å². The summed E-state index contributed by atoms with van der Waals surface area (Å²) in [5, 5.41) is 0. The number of hydrogen-bond acceptors (Lipinski definition) is 3. The fraction of sp³-hybridized carbons (Fsp3) is 0.562. The smallest absolute Gasteiger partial charge is 0.236 e. The zero-order chi connectivity index (χ0) is 14.7. The second kappa shape index (κ2) is 6.37. The molecule has 0 saturated carbocycles. The van der Waals surface area contributed by atoms with Crippen LogP contribution in [0.15, 0.2) is 24.3 Å². The Balaban J connectivity index is 2.29. The quantitative estimate of drug-likeness (QED) is 0.910. The normalized spacial score (nSPS) is 20.6. The Hall–Kier alpha value is -1.39. The molecule has 0 aliphatic carbocycles. The highest BCUT2D eigenvalue weighted by molar-refractivity contribution is 5.78. The molecule has 2 N–H and O–H groups in total. The van der Waals surface area contributed by atoms with Gasteiger partial charge in [0.1, 0.15) is 0 Å². The largest absolute Gasteiger partial charge is 0.345 e. The average Bonchev–Trinajstić information content (AvgIpc) is 2.55. The Bertz CT molecular complexity index is 473.